The van der Waals surface area contributed by atoms with Crippen LogP contribution >= 0.6 is 23.4 Å². The van der Waals surface area contributed by atoms with E-state index in [1.807, 2.05) is 25.2 Å². The lowest BCUT2D eigenvalue weighted by atomic mass is 10.0. The third-order valence-electron chi connectivity index (χ3n) is 3.10. The van der Waals surface area contributed by atoms with Crippen LogP contribution in [0.15, 0.2) is 47.5 Å². The lowest BCUT2D eigenvalue weighted by Crippen LogP contribution is -2.12. The third kappa shape index (κ3) is 4.35. The molecule has 0 spiro atoms. The number of hydrogen-bond donors (Lipinski definition) is 1. The molecule has 0 aromatic heterocycles. The summed E-state index contributed by atoms with van der Waals surface area (Å²) in [6.45, 7) is 1.97. The van der Waals surface area contributed by atoms with Crippen LogP contribution in [0.5, 0.6) is 0 Å². The molecule has 4 nitrogen and oxygen atoms in total. The van der Waals surface area contributed by atoms with Crippen LogP contribution in [0.2, 0.25) is 5.02 Å². The van der Waals surface area contributed by atoms with E-state index in [0.717, 1.165) is 5.56 Å². The fraction of sp³-hybridized carbons (Fsp3) is 0.118. The Bertz CT molecular complexity index is 794. The molecule has 0 saturated carbocycles. The second-order valence-electron chi connectivity index (χ2n) is 4.72. The maximum absolute atomic E-state index is 12.5. The fourth-order valence-corrected chi connectivity index (χ4v) is 2.39. The topological polar surface area (TPSA) is 65.2 Å². The minimum absolute atomic E-state index is 0.0999. The van der Waals surface area contributed by atoms with Crippen LogP contribution in [0.4, 0.5) is 5.69 Å². The first-order valence-corrected chi connectivity index (χ1v) is 8.34. The molecule has 6 heteroatoms. The van der Waals surface area contributed by atoms with Gasteiger partial charge in [0.1, 0.15) is 0 Å². The van der Waals surface area contributed by atoms with Gasteiger partial charge >= 0.3 is 0 Å². The van der Waals surface area contributed by atoms with Gasteiger partial charge in [-0.2, -0.15) is 5.26 Å². The number of carbonyl (C=O) groups excluding carboxylic acids is 1. The van der Waals surface area contributed by atoms with Crippen LogP contribution in [0, 0.1) is 18.4 Å². The van der Waals surface area contributed by atoms with Crippen molar-refractivity contribution in [3.8, 4) is 6.19 Å². The second-order valence-corrected chi connectivity index (χ2v) is 5.92. The SMILES string of the molecule is CSC(=Nc1cc(C(=O)c2ccc(C)cc2)ccc1Cl)NC#N. The fourth-order valence-electron chi connectivity index (χ4n) is 1.89. The molecule has 0 atom stereocenters. The molecule has 0 heterocycles. The van der Waals surface area contributed by atoms with E-state index in [9.17, 15) is 4.79 Å². The lowest BCUT2D eigenvalue weighted by molar-refractivity contribution is 0.103. The van der Waals surface area contributed by atoms with E-state index >= 15 is 0 Å². The molecule has 2 aromatic rings. The number of ketones is 1. The number of benzene rings is 2. The molecule has 2 rings (SSSR count). The molecule has 23 heavy (non-hydrogen) atoms. The predicted octanol–water partition coefficient (Wildman–Crippen LogP) is 4.30. The van der Waals surface area contributed by atoms with Crippen molar-refractivity contribution in [2.75, 3.05) is 6.26 Å². The van der Waals surface area contributed by atoms with Crippen LogP contribution in [0.1, 0.15) is 21.5 Å². The number of nitriles is 1. The van der Waals surface area contributed by atoms with Gasteiger partial charge in [0.2, 0.25) is 0 Å². The molecule has 0 bridgehead atoms. The average molecular weight is 344 g/mol. The van der Waals surface area contributed by atoms with Crippen molar-refractivity contribution < 1.29 is 4.79 Å². The summed E-state index contributed by atoms with van der Waals surface area (Å²) in [7, 11) is 0. The number of nitrogens with zero attached hydrogens (tertiary/aromatic N) is 2. The highest BCUT2D eigenvalue weighted by Crippen LogP contribution is 2.28. The predicted molar refractivity (Wildman–Crippen MR) is 95.4 cm³/mol. The Morgan fingerprint density at radius 3 is 2.48 bits per heavy atom. The highest BCUT2D eigenvalue weighted by molar-refractivity contribution is 8.13. The van der Waals surface area contributed by atoms with Gasteiger partial charge in [0.15, 0.2) is 17.1 Å². The minimum Gasteiger partial charge on any atom is -0.289 e. The van der Waals surface area contributed by atoms with Crippen LogP contribution in [-0.4, -0.2) is 17.2 Å². The third-order valence-corrected chi connectivity index (χ3v) is 4.00. The van der Waals surface area contributed by atoms with Gasteiger partial charge in [0.05, 0.1) is 10.7 Å². The zero-order valence-corrected chi connectivity index (χ0v) is 14.2. The number of rotatable bonds is 3. The maximum Gasteiger partial charge on any atom is 0.193 e. The summed E-state index contributed by atoms with van der Waals surface area (Å²) in [5.41, 5.74) is 2.63. The van der Waals surface area contributed by atoms with Crippen molar-refractivity contribution in [3.63, 3.8) is 0 Å². The lowest BCUT2D eigenvalue weighted by Gasteiger charge is -2.06. The number of thioether (sulfide) groups is 1. The first-order chi connectivity index (χ1) is 11.0. The molecule has 0 saturated heterocycles. The van der Waals surface area contributed by atoms with E-state index < -0.39 is 0 Å². The monoisotopic (exact) mass is 343 g/mol. The Morgan fingerprint density at radius 2 is 1.87 bits per heavy atom. The quantitative estimate of drug-likeness (QED) is 0.296. The summed E-state index contributed by atoms with van der Waals surface area (Å²) < 4.78 is 0. The Kier molecular flexibility index (Phi) is 5.80. The summed E-state index contributed by atoms with van der Waals surface area (Å²) in [5.74, 6) is -0.0999. The summed E-state index contributed by atoms with van der Waals surface area (Å²) in [5, 5.41) is 12.0. The molecular weight excluding hydrogens is 330 g/mol. The molecule has 1 N–H and O–H groups in total. The van der Waals surface area contributed by atoms with Gasteiger partial charge in [0.25, 0.3) is 0 Å². The molecule has 0 aliphatic heterocycles. The number of amidine groups is 1. The zero-order chi connectivity index (χ0) is 16.8. The van der Waals surface area contributed by atoms with Gasteiger partial charge in [-0.1, -0.05) is 53.2 Å². The molecular formula is C17H14ClN3OS. The highest BCUT2D eigenvalue weighted by Gasteiger charge is 2.11. The standard InChI is InChI=1S/C17H14ClN3OS/c1-11-3-5-12(6-4-11)16(22)13-7-8-14(18)15(9-13)21-17(23-2)20-10-19/h3-9H,1-2H3,(H,20,21). The molecule has 0 fully saturated rings. The molecule has 0 unspecified atom stereocenters. The first kappa shape index (κ1) is 17.1. The zero-order valence-electron chi connectivity index (χ0n) is 12.6. The van der Waals surface area contributed by atoms with Crippen molar-refractivity contribution in [2.24, 2.45) is 4.99 Å². The van der Waals surface area contributed by atoms with Crippen molar-refractivity contribution in [2.45, 2.75) is 6.92 Å². The molecule has 0 aliphatic carbocycles. The second kappa shape index (κ2) is 7.82. The largest absolute Gasteiger partial charge is 0.289 e. The Labute approximate surface area is 144 Å². The molecule has 0 radical (unpaired) electrons. The van der Waals surface area contributed by atoms with Crippen LogP contribution in [-0.2, 0) is 0 Å². The van der Waals surface area contributed by atoms with E-state index in [0.29, 0.717) is 27.0 Å². The van der Waals surface area contributed by atoms with Crippen molar-refractivity contribution >= 4 is 40.0 Å². The normalized spacial score (nSPS) is 11.0. The Balaban J connectivity index is 2.38. The number of hydrogen-bond acceptors (Lipinski definition) is 4. The molecule has 0 aliphatic rings. The van der Waals surface area contributed by atoms with Gasteiger partial charge in [-0.25, -0.2) is 4.99 Å². The van der Waals surface area contributed by atoms with Gasteiger partial charge in [-0.15, -0.1) is 0 Å². The number of aryl methyl sites for hydroxylation is 1. The van der Waals surface area contributed by atoms with E-state index in [4.69, 9.17) is 16.9 Å². The number of halogens is 1. The van der Waals surface area contributed by atoms with Gasteiger partial charge in [-0.3, -0.25) is 10.1 Å². The smallest absolute Gasteiger partial charge is 0.193 e. The average Bonchev–Trinajstić information content (AvgIpc) is 2.56. The molecule has 116 valence electrons. The van der Waals surface area contributed by atoms with Gasteiger partial charge in [0, 0.05) is 11.1 Å². The van der Waals surface area contributed by atoms with E-state index in [1.165, 1.54) is 11.8 Å². The van der Waals surface area contributed by atoms with E-state index in [1.54, 1.807) is 36.6 Å². The number of carbonyl (C=O) groups is 1. The number of nitrogens with one attached hydrogen (secondary N) is 1. The maximum atomic E-state index is 12.5. The molecule has 0 amide bonds. The first-order valence-electron chi connectivity index (χ1n) is 6.74. The van der Waals surface area contributed by atoms with Crippen molar-refractivity contribution in [3.05, 3.63) is 64.2 Å². The Morgan fingerprint density at radius 1 is 1.22 bits per heavy atom. The summed E-state index contributed by atoms with van der Waals surface area (Å²) in [6, 6.07) is 12.3. The van der Waals surface area contributed by atoms with E-state index in [2.05, 4.69) is 10.3 Å². The highest BCUT2D eigenvalue weighted by atomic mass is 35.5. The summed E-state index contributed by atoms with van der Waals surface area (Å²) in [6.07, 6.45) is 3.61. The van der Waals surface area contributed by atoms with Crippen LogP contribution in [0.25, 0.3) is 0 Å². The van der Waals surface area contributed by atoms with Crippen LogP contribution in [0.3, 0.4) is 0 Å². The van der Waals surface area contributed by atoms with Gasteiger partial charge in [-0.05, 0) is 31.4 Å². The van der Waals surface area contributed by atoms with E-state index in [-0.39, 0.29) is 5.78 Å². The van der Waals surface area contributed by atoms with Crippen molar-refractivity contribution in [1.82, 2.24) is 5.32 Å². The van der Waals surface area contributed by atoms with Gasteiger partial charge < -0.3 is 0 Å². The summed E-state index contributed by atoms with van der Waals surface area (Å²) >= 11 is 7.41. The van der Waals surface area contributed by atoms with Crippen molar-refractivity contribution in [1.29, 1.82) is 5.26 Å². The summed E-state index contributed by atoms with van der Waals surface area (Å²) in [4.78, 5) is 16.8. The Hall–Kier alpha value is -2.29. The van der Waals surface area contributed by atoms with Crippen LogP contribution < -0.4 is 5.32 Å². The minimum atomic E-state index is -0.0999. The number of aliphatic imine (C=N–C) groups is 1. The molecule has 2 aromatic carbocycles.